The van der Waals surface area contributed by atoms with Gasteiger partial charge in [0.25, 0.3) is 0 Å². The fourth-order valence-electron chi connectivity index (χ4n) is 1.80. The van der Waals surface area contributed by atoms with Gasteiger partial charge in [0, 0.05) is 6.42 Å². The van der Waals surface area contributed by atoms with Crippen LogP contribution in [0.1, 0.15) is 45.4 Å². The Morgan fingerprint density at radius 1 is 1.38 bits per heavy atom. The normalized spacial score (nSPS) is 20.2. The van der Waals surface area contributed by atoms with E-state index >= 15 is 0 Å². The lowest BCUT2D eigenvalue weighted by Gasteiger charge is -2.20. The SMILES string of the molecule is C=C(C)CCC(=O)C1(O)CCCC1. The van der Waals surface area contributed by atoms with Crippen molar-refractivity contribution < 1.29 is 9.90 Å². The van der Waals surface area contributed by atoms with Crippen molar-refractivity contribution in [1.82, 2.24) is 0 Å². The zero-order valence-corrected chi connectivity index (χ0v) is 8.31. The Morgan fingerprint density at radius 2 is 1.92 bits per heavy atom. The van der Waals surface area contributed by atoms with Crippen LogP contribution in [0.25, 0.3) is 0 Å². The minimum absolute atomic E-state index is 0.00741. The molecule has 1 N–H and O–H groups in total. The van der Waals surface area contributed by atoms with E-state index in [1.54, 1.807) is 0 Å². The Bertz CT molecular complexity index is 212. The van der Waals surface area contributed by atoms with Crippen LogP contribution in [0.5, 0.6) is 0 Å². The van der Waals surface area contributed by atoms with E-state index < -0.39 is 5.60 Å². The Balaban J connectivity index is 2.42. The Labute approximate surface area is 79.6 Å². The van der Waals surface area contributed by atoms with E-state index in [1.165, 1.54) is 0 Å². The highest BCUT2D eigenvalue weighted by Gasteiger charge is 2.37. The molecule has 0 aromatic rings. The Kier molecular flexibility index (Phi) is 3.26. The molecule has 0 atom stereocenters. The van der Waals surface area contributed by atoms with Crippen LogP contribution in [-0.4, -0.2) is 16.5 Å². The molecule has 1 fully saturated rings. The number of allylic oxidation sites excluding steroid dienone is 1. The van der Waals surface area contributed by atoms with E-state index in [0.29, 0.717) is 25.7 Å². The number of hydrogen-bond acceptors (Lipinski definition) is 2. The summed E-state index contributed by atoms with van der Waals surface area (Å²) in [5.74, 6) is 0.00741. The molecule has 0 bridgehead atoms. The van der Waals surface area contributed by atoms with Crippen molar-refractivity contribution in [3.8, 4) is 0 Å². The summed E-state index contributed by atoms with van der Waals surface area (Å²) in [5, 5.41) is 9.89. The maximum Gasteiger partial charge on any atom is 0.164 e. The third-order valence-corrected chi connectivity index (χ3v) is 2.73. The van der Waals surface area contributed by atoms with Crippen molar-refractivity contribution in [3.05, 3.63) is 12.2 Å². The minimum atomic E-state index is -0.991. The molecule has 2 heteroatoms. The van der Waals surface area contributed by atoms with Crippen LogP contribution in [0.4, 0.5) is 0 Å². The second-order valence-corrected chi connectivity index (χ2v) is 4.12. The van der Waals surface area contributed by atoms with E-state index in [9.17, 15) is 9.90 Å². The van der Waals surface area contributed by atoms with Gasteiger partial charge in [-0.2, -0.15) is 0 Å². The molecule has 0 aromatic carbocycles. The zero-order chi connectivity index (χ0) is 9.90. The smallest absolute Gasteiger partial charge is 0.164 e. The molecular weight excluding hydrogens is 164 g/mol. The second-order valence-electron chi connectivity index (χ2n) is 4.12. The predicted octanol–water partition coefficient (Wildman–Crippen LogP) is 2.22. The summed E-state index contributed by atoms with van der Waals surface area (Å²) < 4.78 is 0. The van der Waals surface area contributed by atoms with E-state index in [2.05, 4.69) is 6.58 Å². The quantitative estimate of drug-likeness (QED) is 0.677. The molecule has 2 nitrogen and oxygen atoms in total. The van der Waals surface area contributed by atoms with Crippen LogP contribution >= 0.6 is 0 Å². The largest absolute Gasteiger partial charge is 0.382 e. The molecular formula is C11H18O2. The summed E-state index contributed by atoms with van der Waals surface area (Å²) in [6.07, 6.45) is 4.43. The van der Waals surface area contributed by atoms with Crippen LogP contribution in [0, 0.1) is 0 Å². The lowest BCUT2D eigenvalue weighted by atomic mass is 9.92. The van der Waals surface area contributed by atoms with Crippen molar-refractivity contribution in [1.29, 1.82) is 0 Å². The average molecular weight is 182 g/mol. The second kappa shape index (κ2) is 4.05. The van der Waals surface area contributed by atoms with Crippen LogP contribution in [0.15, 0.2) is 12.2 Å². The number of carbonyl (C=O) groups is 1. The van der Waals surface area contributed by atoms with Crippen molar-refractivity contribution in [2.75, 3.05) is 0 Å². The number of rotatable bonds is 4. The molecule has 0 amide bonds. The van der Waals surface area contributed by atoms with Gasteiger partial charge in [-0.25, -0.2) is 0 Å². The number of carbonyl (C=O) groups excluding carboxylic acids is 1. The number of hydrogen-bond donors (Lipinski definition) is 1. The average Bonchev–Trinajstić information content (AvgIpc) is 2.49. The molecule has 1 rings (SSSR count). The maximum atomic E-state index is 11.6. The van der Waals surface area contributed by atoms with Gasteiger partial charge in [-0.3, -0.25) is 4.79 Å². The van der Waals surface area contributed by atoms with Crippen molar-refractivity contribution in [2.24, 2.45) is 0 Å². The van der Waals surface area contributed by atoms with Crippen LogP contribution in [0.2, 0.25) is 0 Å². The number of ketones is 1. The molecule has 0 aliphatic heterocycles. The first kappa shape index (κ1) is 10.5. The molecule has 1 aliphatic carbocycles. The third-order valence-electron chi connectivity index (χ3n) is 2.73. The Morgan fingerprint density at radius 3 is 2.38 bits per heavy atom. The summed E-state index contributed by atoms with van der Waals surface area (Å²) >= 11 is 0. The molecule has 1 aliphatic rings. The third kappa shape index (κ3) is 2.66. The zero-order valence-electron chi connectivity index (χ0n) is 8.31. The van der Waals surface area contributed by atoms with Gasteiger partial charge in [0.15, 0.2) is 5.78 Å². The first-order valence-corrected chi connectivity index (χ1v) is 4.95. The fourth-order valence-corrected chi connectivity index (χ4v) is 1.80. The van der Waals surface area contributed by atoms with E-state index in [4.69, 9.17) is 0 Å². The summed E-state index contributed by atoms with van der Waals surface area (Å²) in [7, 11) is 0. The molecule has 0 unspecified atom stereocenters. The molecule has 13 heavy (non-hydrogen) atoms. The van der Waals surface area contributed by atoms with Gasteiger partial charge in [0.05, 0.1) is 0 Å². The van der Waals surface area contributed by atoms with Crippen molar-refractivity contribution in [3.63, 3.8) is 0 Å². The van der Waals surface area contributed by atoms with Crippen LogP contribution in [0.3, 0.4) is 0 Å². The summed E-state index contributed by atoms with van der Waals surface area (Å²) in [4.78, 5) is 11.6. The first-order chi connectivity index (χ1) is 6.04. The highest BCUT2D eigenvalue weighted by atomic mass is 16.3. The maximum absolute atomic E-state index is 11.6. The van der Waals surface area contributed by atoms with Gasteiger partial charge in [-0.15, -0.1) is 6.58 Å². The van der Waals surface area contributed by atoms with Gasteiger partial charge >= 0.3 is 0 Å². The van der Waals surface area contributed by atoms with E-state index in [-0.39, 0.29) is 5.78 Å². The van der Waals surface area contributed by atoms with E-state index in [1.807, 2.05) is 6.92 Å². The van der Waals surface area contributed by atoms with Crippen LogP contribution in [-0.2, 0) is 4.79 Å². The Hall–Kier alpha value is -0.630. The highest BCUT2D eigenvalue weighted by Crippen LogP contribution is 2.31. The van der Waals surface area contributed by atoms with Crippen molar-refractivity contribution in [2.45, 2.75) is 51.0 Å². The van der Waals surface area contributed by atoms with Gasteiger partial charge < -0.3 is 5.11 Å². The van der Waals surface area contributed by atoms with Gasteiger partial charge in [-0.1, -0.05) is 5.57 Å². The van der Waals surface area contributed by atoms with Gasteiger partial charge in [0.1, 0.15) is 5.60 Å². The standard InChI is InChI=1S/C11H18O2/c1-9(2)5-6-10(12)11(13)7-3-4-8-11/h13H,1,3-8H2,2H3. The molecule has 1 saturated carbocycles. The molecule has 74 valence electrons. The van der Waals surface area contributed by atoms with Crippen LogP contribution < -0.4 is 0 Å². The fraction of sp³-hybridized carbons (Fsp3) is 0.727. The summed E-state index contributed by atoms with van der Waals surface area (Å²) in [5.41, 5.74) is 0.0186. The molecule has 0 heterocycles. The minimum Gasteiger partial charge on any atom is -0.382 e. The monoisotopic (exact) mass is 182 g/mol. The molecule has 0 saturated heterocycles. The molecule has 0 aromatic heterocycles. The van der Waals surface area contributed by atoms with E-state index in [0.717, 1.165) is 18.4 Å². The molecule has 0 spiro atoms. The van der Waals surface area contributed by atoms with Crippen molar-refractivity contribution >= 4 is 5.78 Å². The highest BCUT2D eigenvalue weighted by molar-refractivity contribution is 5.87. The number of Topliss-reactive ketones (excluding diaryl/α,β-unsaturated/α-hetero) is 1. The predicted molar refractivity (Wildman–Crippen MR) is 52.5 cm³/mol. The first-order valence-electron chi connectivity index (χ1n) is 4.95. The lowest BCUT2D eigenvalue weighted by molar-refractivity contribution is -0.136. The summed E-state index contributed by atoms with van der Waals surface area (Å²) in [6, 6.07) is 0. The molecule has 0 radical (unpaired) electrons. The van der Waals surface area contributed by atoms with Gasteiger partial charge in [-0.05, 0) is 39.0 Å². The summed E-state index contributed by atoms with van der Waals surface area (Å²) in [6.45, 7) is 5.65. The lowest BCUT2D eigenvalue weighted by Crippen LogP contribution is -2.35. The topological polar surface area (TPSA) is 37.3 Å². The number of aliphatic hydroxyl groups is 1. The van der Waals surface area contributed by atoms with Gasteiger partial charge in [0.2, 0.25) is 0 Å².